The number of hydrogen-bond acceptors (Lipinski definition) is 3. The van der Waals surface area contributed by atoms with Crippen molar-refractivity contribution >= 4 is 17.6 Å². The number of rotatable bonds is 5. The Bertz CT molecular complexity index is 464. The number of nitrogens with one attached hydrogen (secondary N) is 1. The highest BCUT2D eigenvalue weighted by molar-refractivity contribution is 5.92. The first kappa shape index (κ1) is 14.0. The van der Waals surface area contributed by atoms with Crippen LogP contribution in [-0.4, -0.2) is 29.7 Å². The zero-order valence-electron chi connectivity index (χ0n) is 9.44. The molecule has 1 atom stereocenters. The first-order chi connectivity index (χ1) is 8.40. The summed E-state index contributed by atoms with van der Waals surface area (Å²) in [5.74, 6) is -3.62. The van der Waals surface area contributed by atoms with E-state index >= 15 is 0 Å². The summed E-state index contributed by atoms with van der Waals surface area (Å²) in [6.45, 7) is 0.721. The Balaban J connectivity index is 2.52. The van der Waals surface area contributed by atoms with E-state index in [9.17, 15) is 18.4 Å². The minimum atomic E-state index is -1.21. The molecule has 0 saturated carbocycles. The highest BCUT2D eigenvalue weighted by Gasteiger charge is 2.14. The third kappa shape index (κ3) is 4.10. The lowest BCUT2D eigenvalue weighted by Gasteiger charge is -2.09. The summed E-state index contributed by atoms with van der Waals surface area (Å²) in [6.07, 6.45) is -1.14. The van der Waals surface area contributed by atoms with E-state index in [1.165, 1.54) is 6.92 Å². The number of carboxylic acid groups (broad SMARTS) is 1. The van der Waals surface area contributed by atoms with Crippen LogP contribution in [-0.2, 0) is 14.3 Å². The Morgan fingerprint density at radius 2 is 2.11 bits per heavy atom. The third-order valence-electron chi connectivity index (χ3n) is 2.02. The van der Waals surface area contributed by atoms with Crippen molar-refractivity contribution in [2.75, 3.05) is 11.9 Å². The van der Waals surface area contributed by atoms with E-state index in [0.29, 0.717) is 6.07 Å². The van der Waals surface area contributed by atoms with Gasteiger partial charge in [-0.05, 0) is 19.1 Å². The van der Waals surface area contributed by atoms with Gasteiger partial charge in [0.25, 0.3) is 0 Å². The summed E-state index contributed by atoms with van der Waals surface area (Å²) < 4.78 is 30.4. The molecule has 0 aliphatic rings. The number of anilines is 1. The maximum atomic E-state index is 13.1. The van der Waals surface area contributed by atoms with Gasteiger partial charge < -0.3 is 15.2 Å². The number of halogens is 2. The van der Waals surface area contributed by atoms with Crippen LogP contribution in [0.1, 0.15) is 6.92 Å². The molecule has 0 aliphatic heterocycles. The SMILES string of the molecule is CC(OCC(=O)Nc1ccc(F)cc1F)C(=O)O. The van der Waals surface area contributed by atoms with Crippen LogP contribution in [0.5, 0.6) is 0 Å². The Hall–Kier alpha value is -2.02. The minimum Gasteiger partial charge on any atom is -0.479 e. The van der Waals surface area contributed by atoms with Crippen molar-refractivity contribution in [3.63, 3.8) is 0 Å². The predicted octanol–water partition coefficient (Wildman–Crippen LogP) is 1.39. The number of hydrogen-bond donors (Lipinski definition) is 2. The molecule has 1 aromatic carbocycles. The Morgan fingerprint density at radius 3 is 2.67 bits per heavy atom. The van der Waals surface area contributed by atoms with E-state index in [4.69, 9.17) is 9.84 Å². The molecule has 7 heteroatoms. The van der Waals surface area contributed by atoms with Gasteiger partial charge in [-0.2, -0.15) is 0 Å². The molecule has 0 spiro atoms. The van der Waals surface area contributed by atoms with Crippen molar-refractivity contribution in [1.29, 1.82) is 0 Å². The molecular formula is C11H11F2NO4. The lowest BCUT2D eigenvalue weighted by atomic mass is 10.3. The van der Waals surface area contributed by atoms with E-state index in [1.54, 1.807) is 0 Å². The number of benzene rings is 1. The van der Waals surface area contributed by atoms with E-state index in [-0.39, 0.29) is 5.69 Å². The second-order valence-corrected chi connectivity index (χ2v) is 3.46. The molecule has 0 heterocycles. The zero-order valence-corrected chi connectivity index (χ0v) is 9.44. The van der Waals surface area contributed by atoms with Crippen molar-refractivity contribution in [3.05, 3.63) is 29.8 Å². The predicted molar refractivity (Wildman–Crippen MR) is 58.0 cm³/mol. The average Bonchev–Trinajstić information content (AvgIpc) is 2.29. The van der Waals surface area contributed by atoms with Gasteiger partial charge in [0.2, 0.25) is 5.91 Å². The van der Waals surface area contributed by atoms with Gasteiger partial charge >= 0.3 is 5.97 Å². The van der Waals surface area contributed by atoms with Crippen LogP contribution in [0.3, 0.4) is 0 Å². The summed E-state index contributed by atoms with van der Waals surface area (Å²) >= 11 is 0. The van der Waals surface area contributed by atoms with Crippen molar-refractivity contribution < 1.29 is 28.2 Å². The second-order valence-electron chi connectivity index (χ2n) is 3.46. The van der Waals surface area contributed by atoms with Crippen LogP contribution in [0.2, 0.25) is 0 Å². The first-order valence-corrected chi connectivity index (χ1v) is 4.99. The third-order valence-corrected chi connectivity index (χ3v) is 2.02. The van der Waals surface area contributed by atoms with E-state index in [0.717, 1.165) is 12.1 Å². The smallest absolute Gasteiger partial charge is 0.332 e. The molecule has 0 radical (unpaired) electrons. The summed E-state index contributed by atoms with van der Waals surface area (Å²) in [5, 5.41) is 10.6. The van der Waals surface area contributed by atoms with Crippen LogP contribution >= 0.6 is 0 Å². The van der Waals surface area contributed by atoms with E-state index < -0.39 is 36.2 Å². The number of aliphatic carboxylic acids is 1. The van der Waals surface area contributed by atoms with Gasteiger partial charge in [-0.1, -0.05) is 0 Å². The second kappa shape index (κ2) is 6.06. The number of carbonyl (C=O) groups excluding carboxylic acids is 1. The highest BCUT2D eigenvalue weighted by atomic mass is 19.1. The monoisotopic (exact) mass is 259 g/mol. The molecule has 0 aliphatic carbocycles. The molecule has 0 bridgehead atoms. The van der Waals surface area contributed by atoms with Crippen molar-refractivity contribution in [3.8, 4) is 0 Å². The molecule has 1 rings (SSSR count). The van der Waals surface area contributed by atoms with Gasteiger partial charge in [0.1, 0.15) is 18.2 Å². The zero-order chi connectivity index (χ0) is 13.7. The maximum Gasteiger partial charge on any atom is 0.332 e. The van der Waals surface area contributed by atoms with Gasteiger partial charge in [-0.15, -0.1) is 0 Å². The fourth-order valence-electron chi connectivity index (χ4n) is 1.05. The van der Waals surface area contributed by atoms with Gasteiger partial charge in [0.05, 0.1) is 5.69 Å². The fraction of sp³-hybridized carbons (Fsp3) is 0.273. The summed E-state index contributed by atoms with van der Waals surface area (Å²) in [5.41, 5.74) is -0.201. The van der Waals surface area contributed by atoms with Crippen molar-refractivity contribution in [2.45, 2.75) is 13.0 Å². The van der Waals surface area contributed by atoms with Crippen molar-refractivity contribution in [2.24, 2.45) is 0 Å². The minimum absolute atomic E-state index is 0.201. The van der Waals surface area contributed by atoms with Crippen molar-refractivity contribution in [1.82, 2.24) is 0 Å². The molecule has 1 aromatic rings. The quantitative estimate of drug-likeness (QED) is 0.837. The molecule has 0 aromatic heterocycles. The molecule has 1 unspecified atom stereocenters. The average molecular weight is 259 g/mol. The molecule has 5 nitrogen and oxygen atoms in total. The summed E-state index contributed by atoms with van der Waals surface area (Å²) in [6, 6.07) is 2.67. The Morgan fingerprint density at radius 1 is 1.44 bits per heavy atom. The molecule has 98 valence electrons. The molecule has 18 heavy (non-hydrogen) atoms. The van der Waals surface area contributed by atoms with E-state index in [2.05, 4.69) is 5.32 Å². The lowest BCUT2D eigenvalue weighted by molar-refractivity contribution is -0.150. The van der Waals surface area contributed by atoms with Gasteiger partial charge in [0.15, 0.2) is 6.10 Å². The van der Waals surface area contributed by atoms with Gasteiger partial charge in [0, 0.05) is 6.07 Å². The topological polar surface area (TPSA) is 75.6 Å². The van der Waals surface area contributed by atoms with Crippen LogP contribution in [0.15, 0.2) is 18.2 Å². The van der Waals surface area contributed by atoms with Crippen LogP contribution in [0.25, 0.3) is 0 Å². The Kier molecular flexibility index (Phi) is 4.73. The number of ether oxygens (including phenoxy) is 1. The highest BCUT2D eigenvalue weighted by Crippen LogP contribution is 2.14. The Labute approximate surface area is 101 Å². The number of amides is 1. The lowest BCUT2D eigenvalue weighted by Crippen LogP contribution is -2.26. The summed E-state index contributed by atoms with van der Waals surface area (Å²) in [4.78, 5) is 21.7. The molecule has 1 amide bonds. The normalized spacial score (nSPS) is 11.9. The maximum absolute atomic E-state index is 13.1. The fourth-order valence-corrected chi connectivity index (χ4v) is 1.05. The number of carboxylic acids is 1. The first-order valence-electron chi connectivity index (χ1n) is 4.99. The molecule has 2 N–H and O–H groups in total. The standard InChI is InChI=1S/C11H11F2NO4/c1-6(11(16)17)18-5-10(15)14-9-3-2-7(12)4-8(9)13/h2-4,6H,5H2,1H3,(H,14,15)(H,16,17). The van der Waals surface area contributed by atoms with E-state index in [1.807, 2.05) is 0 Å². The largest absolute Gasteiger partial charge is 0.479 e. The van der Waals surface area contributed by atoms with Crippen LogP contribution < -0.4 is 5.32 Å². The molecule has 0 fully saturated rings. The summed E-state index contributed by atoms with van der Waals surface area (Å²) in [7, 11) is 0. The molecule has 0 saturated heterocycles. The van der Waals surface area contributed by atoms with Gasteiger partial charge in [-0.25, -0.2) is 13.6 Å². The van der Waals surface area contributed by atoms with Crippen LogP contribution in [0, 0.1) is 11.6 Å². The number of carbonyl (C=O) groups is 2. The van der Waals surface area contributed by atoms with Crippen LogP contribution in [0.4, 0.5) is 14.5 Å². The van der Waals surface area contributed by atoms with Gasteiger partial charge in [-0.3, -0.25) is 4.79 Å². The molecular weight excluding hydrogens is 248 g/mol.